The van der Waals surface area contributed by atoms with E-state index in [0.29, 0.717) is 5.56 Å². The summed E-state index contributed by atoms with van der Waals surface area (Å²) in [7, 11) is 1.64. The molecule has 1 N–H and O–H groups in total. The molecular formula is C10H13BrN2O2. The number of aryl methyl sites for hydroxylation is 2. The quantitative estimate of drug-likeness (QED) is 0.856. The van der Waals surface area contributed by atoms with Crippen molar-refractivity contribution in [3.05, 3.63) is 23.0 Å². The lowest BCUT2D eigenvalue weighted by Crippen LogP contribution is -2.06. The second-order valence-corrected chi connectivity index (χ2v) is 3.95. The minimum Gasteiger partial charge on any atom is -0.477 e. The lowest BCUT2D eigenvalue weighted by molar-refractivity contribution is 0.0685. The highest BCUT2D eigenvalue weighted by Crippen LogP contribution is 2.15. The Morgan fingerprint density at radius 2 is 2.33 bits per heavy atom. The van der Waals surface area contributed by atoms with Crippen LogP contribution in [0.15, 0.2) is 6.08 Å². The maximum absolute atomic E-state index is 11.0. The standard InChI is InChI=1S/C10H13BrN2O2/c1-7-8(5-3-4-6-11)9(10(14)15)13(2)12-7/h3,5H,4,6H2,1-2H3,(H,14,15). The van der Waals surface area contributed by atoms with Crippen LogP contribution in [0.1, 0.15) is 28.2 Å². The molecule has 0 radical (unpaired) electrons. The SMILES string of the molecule is Cc1nn(C)c(C(=O)O)c1C=CCCBr. The number of carbonyl (C=O) groups is 1. The van der Waals surface area contributed by atoms with Crippen LogP contribution in [0, 0.1) is 6.92 Å². The molecule has 0 aliphatic carbocycles. The molecule has 0 fully saturated rings. The van der Waals surface area contributed by atoms with Crippen molar-refractivity contribution in [3.8, 4) is 0 Å². The summed E-state index contributed by atoms with van der Waals surface area (Å²) in [6.45, 7) is 1.81. The van der Waals surface area contributed by atoms with Crippen molar-refractivity contribution in [1.29, 1.82) is 0 Å². The second-order valence-electron chi connectivity index (χ2n) is 3.16. The normalized spacial score (nSPS) is 11.1. The molecule has 0 unspecified atom stereocenters. The van der Waals surface area contributed by atoms with Crippen molar-refractivity contribution in [2.75, 3.05) is 5.33 Å². The van der Waals surface area contributed by atoms with Crippen molar-refractivity contribution in [1.82, 2.24) is 9.78 Å². The molecule has 4 nitrogen and oxygen atoms in total. The molecule has 0 bridgehead atoms. The third-order valence-corrected chi connectivity index (χ3v) is 2.49. The number of nitrogens with zero attached hydrogens (tertiary/aromatic N) is 2. The van der Waals surface area contributed by atoms with Crippen molar-refractivity contribution in [3.63, 3.8) is 0 Å². The van der Waals surface area contributed by atoms with Crippen molar-refractivity contribution < 1.29 is 9.90 Å². The first-order valence-corrected chi connectivity index (χ1v) is 5.69. The molecule has 0 amide bonds. The highest BCUT2D eigenvalue weighted by molar-refractivity contribution is 9.09. The maximum Gasteiger partial charge on any atom is 0.354 e. The predicted molar refractivity (Wildman–Crippen MR) is 62.3 cm³/mol. The van der Waals surface area contributed by atoms with Crippen molar-refractivity contribution in [2.24, 2.45) is 7.05 Å². The topological polar surface area (TPSA) is 55.1 Å². The van der Waals surface area contributed by atoms with Crippen LogP contribution in [0.25, 0.3) is 6.08 Å². The summed E-state index contributed by atoms with van der Waals surface area (Å²) in [4.78, 5) is 11.0. The van der Waals surface area contributed by atoms with E-state index in [1.165, 1.54) is 4.68 Å². The molecule has 1 aromatic heterocycles. The minimum atomic E-state index is -0.948. The van der Waals surface area contributed by atoms with E-state index in [-0.39, 0.29) is 5.69 Å². The fraction of sp³-hybridized carbons (Fsp3) is 0.400. The van der Waals surface area contributed by atoms with E-state index >= 15 is 0 Å². The van der Waals surface area contributed by atoms with Gasteiger partial charge in [0.15, 0.2) is 5.69 Å². The molecule has 0 spiro atoms. The molecule has 1 rings (SSSR count). The molecule has 1 heterocycles. The van der Waals surface area contributed by atoms with E-state index < -0.39 is 5.97 Å². The molecule has 82 valence electrons. The number of aromatic carboxylic acids is 1. The average Bonchev–Trinajstić information content (AvgIpc) is 2.42. The van der Waals surface area contributed by atoms with Gasteiger partial charge in [-0.25, -0.2) is 4.79 Å². The molecule has 15 heavy (non-hydrogen) atoms. The predicted octanol–water partition coefficient (Wildman–Crippen LogP) is 2.22. The summed E-state index contributed by atoms with van der Waals surface area (Å²) >= 11 is 3.31. The average molecular weight is 273 g/mol. The number of carboxylic acids is 1. The Labute approximate surface area is 96.7 Å². The fourth-order valence-electron chi connectivity index (χ4n) is 1.39. The van der Waals surface area contributed by atoms with E-state index in [2.05, 4.69) is 21.0 Å². The highest BCUT2D eigenvalue weighted by Gasteiger charge is 2.16. The number of hydrogen-bond donors (Lipinski definition) is 1. The number of allylic oxidation sites excluding steroid dienone is 1. The molecule has 5 heteroatoms. The summed E-state index contributed by atoms with van der Waals surface area (Å²) in [5.41, 5.74) is 1.66. The van der Waals surface area contributed by atoms with Gasteiger partial charge < -0.3 is 5.11 Å². The van der Waals surface area contributed by atoms with Crippen LogP contribution >= 0.6 is 15.9 Å². The molecule has 1 aromatic rings. The van der Waals surface area contributed by atoms with Crippen molar-refractivity contribution >= 4 is 28.0 Å². The summed E-state index contributed by atoms with van der Waals surface area (Å²) < 4.78 is 1.39. The zero-order valence-electron chi connectivity index (χ0n) is 8.70. The van der Waals surface area contributed by atoms with Gasteiger partial charge in [0.1, 0.15) is 0 Å². The molecule has 0 aliphatic heterocycles. The summed E-state index contributed by atoms with van der Waals surface area (Å²) in [6.07, 6.45) is 4.62. The molecule has 0 saturated heterocycles. The van der Waals surface area contributed by atoms with Gasteiger partial charge >= 0.3 is 5.97 Å². The van der Waals surface area contributed by atoms with Gasteiger partial charge in [0, 0.05) is 17.9 Å². The van der Waals surface area contributed by atoms with Crippen molar-refractivity contribution in [2.45, 2.75) is 13.3 Å². The Morgan fingerprint density at radius 1 is 1.67 bits per heavy atom. The minimum absolute atomic E-state index is 0.235. The fourth-order valence-corrected chi connectivity index (χ4v) is 1.66. The first kappa shape index (κ1) is 12.0. The van der Waals surface area contributed by atoms with Gasteiger partial charge in [0.2, 0.25) is 0 Å². The van der Waals surface area contributed by atoms with Crippen LogP contribution in [0.2, 0.25) is 0 Å². The number of aromatic nitrogens is 2. The highest BCUT2D eigenvalue weighted by atomic mass is 79.9. The monoisotopic (exact) mass is 272 g/mol. The lowest BCUT2D eigenvalue weighted by Gasteiger charge is -1.96. The summed E-state index contributed by atoms with van der Waals surface area (Å²) in [5, 5.41) is 14.0. The van der Waals surface area contributed by atoms with E-state index in [4.69, 9.17) is 5.11 Å². The van der Waals surface area contributed by atoms with Gasteiger partial charge in [-0.05, 0) is 13.3 Å². The first-order chi connectivity index (χ1) is 7.07. The van der Waals surface area contributed by atoms with Gasteiger partial charge in [0.25, 0.3) is 0 Å². The van der Waals surface area contributed by atoms with E-state index in [1.54, 1.807) is 14.0 Å². The zero-order valence-corrected chi connectivity index (χ0v) is 10.3. The number of halogens is 1. The van der Waals surface area contributed by atoms with Gasteiger partial charge in [0.05, 0.1) is 5.69 Å². The van der Waals surface area contributed by atoms with E-state index in [0.717, 1.165) is 17.4 Å². The number of carboxylic acid groups (broad SMARTS) is 1. The van der Waals surface area contributed by atoms with E-state index in [9.17, 15) is 4.79 Å². The number of alkyl halides is 1. The Balaban J connectivity index is 3.09. The Hall–Kier alpha value is -1.10. The van der Waals surface area contributed by atoms with Crippen LogP contribution in [-0.2, 0) is 7.05 Å². The van der Waals surface area contributed by atoms with Gasteiger partial charge in [-0.2, -0.15) is 5.10 Å². The van der Waals surface area contributed by atoms with Crippen LogP contribution in [-0.4, -0.2) is 26.2 Å². The van der Waals surface area contributed by atoms with Crippen LogP contribution in [0.3, 0.4) is 0 Å². The molecule has 0 atom stereocenters. The Bertz CT molecular complexity index is 396. The van der Waals surface area contributed by atoms with Crippen LogP contribution < -0.4 is 0 Å². The maximum atomic E-state index is 11.0. The summed E-state index contributed by atoms with van der Waals surface area (Å²) in [6, 6.07) is 0. The van der Waals surface area contributed by atoms with E-state index in [1.807, 2.05) is 12.2 Å². The largest absolute Gasteiger partial charge is 0.477 e. The van der Waals surface area contributed by atoms with Gasteiger partial charge in [-0.15, -0.1) is 0 Å². The third kappa shape index (κ3) is 2.68. The van der Waals surface area contributed by atoms with Gasteiger partial charge in [-0.3, -0.25) is 4.68 Å². The van der Waals surface area contributed by atoms with Crippen LogP contribution in [0.4, 0.5) is 0 Å². The molecule has 0 aromatic carbocycles. The molecular weight excluding hydrogens is 260 g/mol. The first-order valence-electron chi connectivity index (χ1n) is 4.57. The molecule has 0 aliphatic rings. The Kier molecular flexibility index (Phi) is 4.08. The third-order valence-electron chi connectivity index (χ3n) is 2.03. The smallest absolute Gasteiger partial charge is 0.354 e. The van der Waals surface area contributed by atoms with Gasteiger partial charge in [-0.1, -0.05) is 28.1 Å². The number of rotatable bonds is 4. The second kappa shape index (κ2) is 5.11. The summed E-state index contributed by atoms with van der Waals surface area (Å²) in [5.74, 6) is -0.948. The lowest BCUT2D eigenvalue weighted by atomic mass is 10.1. The Morgan fingerprint density at radius 3 is 2.87 bits per heavy atom. The van der Waals surface area contributed by atoms with Crippen LogP contribution in [0.5, 0.6) is 0 Å². The zero-order chi connectivity index (χ0) is 11.4. The number of hydrogen-bond acceptors (Lipinski definition) is 2. The molecule has 0 saturated carbocycles.